The first kappa shape index (κ1) is 10.8. The Bertz CT molecular complexity index is 450. The molecule has 0 atom stereocenters. The van der Waals surface area contributed by atoms with Crippen molar-refractivity contribution in [2.75, 3.05) is 7.05 Å². The van der Waals surface area contributed by atoms with Gasteiger partial charge in [-0.3, -0.25) is 5.41 Å². The minimum atomic E-state index is 0.522. The van der Waals surface area contributed by atoms with Crippen LogP contribution in [0.25, 0.3) is 0 Å². The number of benzene rings is 1. The van der Waals surface area contributed by atoms with Gasteiger partial charge in [0.25, 0.3) is 0 Å². The maximum atomic E-state index is 8.04. The Balaban J connectivity index is 2.05. The Morgan fingerprint density at radius 3 is 2.75 bits per heavy atom. The number of nitrogens with one attached hydrogen (secondary N) is 1. The zero-order chi connectivity index (χ0) is 11.4. The summed E-state index contributed by atoms with van der Waals surface area (Å²) in [5.74, 6) is 0.522. The highest BCUT2D eigenvalue weighted by molar-refractivity contribution is 7.07. The van der Waals surface area contributed by atoms with E-state index in [9.17, 15) is 0 Å². The Hall–Kier alpha value is -1.68. The summed E-state index contributed by atoms with van der Waals surface area (Å²) in [5, 5.41) is 10.0. The number of hydrogen-bond acceptors (Lipinski definition) is 3. The van der Waals surface area contributed by atoms with Crippen LogP contribution in [0.4, 0.5) is 0 Å². The first-order chi connectivity index (χ1) is 7.77. The SMILES string of the molecule is CN(Cc1cscn1)C(=N)c1ccccc1. The van der Waals surface area contributed by atoms with Gasteiger partial charge in [0, 0.05) is 18.0 Å². The monoisotopic (exact) mass is 231 g/mol. The smallest absolute Gasteiger partial charge is 0.128 e. The van der Waals surface area contributed by atoms with Gasteiger partial charge in [-0.05, 0) is 0 Å². The Labute approximate surface area is 98.9 Å². The van der Waals surface area contributed by atoms with Crippen LogP contribution in [0.1, 0.15) is 11.3 Å². The van der Waals surface area contributed by atoms with Crippen LogP contribution in [0.2, 0.25) is 0 Å². The van der Waals surface area contributed by atoms with Gasteiger partial charge < -0.3 is 4.90 Å². The first-order valence-corrected chi connectivity index (χ1v) is 5.94. The van der Waals surface area contributed by atoms with E-state index in [0.29, 0.717) is 12.4 Å². The molecule has 0 unspecified atom stereocenters. The number of aromatic nitrogens is 1. The van der Waals surface area contributed by atoms with Crippen molar-refractivity contribution in [3.63, 3.8) is 0 Å². The fraction of sp³-hybridized carbons (Fsp3) is 0.167. The van der Waals surface area contributed by atoms with Gasteiger partial charge in [0.05, 0.1) is 17.7 Å². The zero-order valence-corrected chi connectivity index (χ0v) is 9.87. The summed E-state index contributed by atoms with van der Waals surface area (Å²) in [4.78, 5) is 6.11. The Morgan fingerprint density at radius 2 is 2.12 bits per heavy atom. The summed E-state index contributed by atoms with van der Waals surface area (Å²) >= 11 is 1.58. The molecular formula is C12H13N3S. The van der Waals surface area contributed by atoms with E-state index < -0.39 is 0 Å². The highest BCUT2D eigenvalue weighted by atomic mass is 32.1. The van der Waals surface area contributed by atoms with Crippen molar-refractivity contribution in [1.29, 1.82) is 5.41 Å². The average molecular weight is 231 g/mol. The van der Waals surface area contributed by atoms with E-state index in [1.165, 1.54) is 0 Å². The number of rotatable bonds is 3. The summed E-state index contributed by atoms with van der Waals surface area (Å²) in [6.45, 7) is 0.678. The Morgan fingerprint density at radius 1 is 1.38 bits per heavy atom. The molecule has 1 N–H and O–H groups in total. The average Bonchev–Trinajstić information content (AvgIpc) is 2.82. The second-order valence-corrected chi connectivity index (χ2v) is 4.27. The van der Waals surface area contributed by atoms with Crippen LogP contribution in [-0.4, -0.2) is 22.8 Å². The minimum Gasteiger partial charge on any atom is -0.354 e. The molecule has 1 heterocycles. The van der Waals surface area contributed by atoms with Crippen molar-refractivity contribution in [2.24, 2.45) is 0 Å². The summed E-state index contributed by atoms with van der Waals surface area (Å²) < 4.78 is 0. The van der Waals surface area contributed by atoms with Crippen LogP contribution >= 0.6 is 11.3 Å². The van der Waals surface area contributed by atoms with E-state index in [1.54, 1.807) is 11.3 Å². The van der Waals surface area contributed by atoms with Gasteiger partial charge in [0.15, 0.2) is 0 Å². The molecule has 0 amide bonds. The van der Waals surface area contributed by atoms with E-state index in [1.807, 2.05) is 53.2 Å². The minimum absolute atomic E-state index is 0.522. The molecule has 2 rings (SSSR count). The molecule has 0 saturated carbocycles. The van der Waals surface area contributed by atoms with Gasteiger partial charge in [0.2, 0.25) is 0 Å². The maximum absolute atomic E-state index is 8.04. The van der Waals surface area contributed by atoms with Crippen molar-refractivity contribution in [1.82, 2.24) is 9.88 Å². The lowest BCUT2D eigenvalue weighted by Crippen LogP contribution is -2.26. The lowest BCUT2D eigenvalue weighted by molar-refractivity contribution is 0.492. The number of nitrogens with zero attached hydrogens (tertiary/aromatic N) is 2. The lowest BCUT2D eigenvalue weighted by Gasteiger charge is -2.18. The molecule has 0 saturated heterocycles. The fourth-order valence-corrected chi connectivity index (χ4v) is 2.00. The molecule has 16 heavy (non-hydrogen) atoms. The topological polar surface area (TPSA) is 40.0 Å². The standard InChI is InChI=1S/C12H13N3S/c1-15(7-11-8-16-9-14-11)12(13)10-5-3-2-4-6-10/h2-6,8-9,13H,7H2,1H3. The summed E-state index contributed by atoms with van der Waals surface area (Å²) in [5.41, 5.74) is 3.75. The molecule has 0 spiro atoms. The molecule has 3 nitrogen and oxygen atoms in total. The molecule has 1 aromatic heterocycles. The second-order valence-electron chi connectivity index (χ2n) is 3.55. The van der Waals surface area contributed by atoms with E-state index in [-0.39, 0.29) is 0 Å². The molecule has 2 aromatic rings. The molecule has 4 heteroatoms. The fourth-order valence-electron chi connectivity index (χ4n) is 1.45. The van der Waals surface area contributed by atoms with Gasteiger partial charge in [-0.2, -0.15) is 0 Å². The predicted octanol–water partition coefficient (Wildman–Crippen LogP) is 2.60. The van der Waals surface area contributed by atoms with Crippen molar-refractivity contribution in [3.8, 4) is 0 Å². The van der Waals surface area contributed by atoms with Crippen LogP contribution in [0.3, 0.4) is 0 Å². The molecule has 0 bridgehead atoms. The number of hydrogen-bond donors (Lipinski definition) is 1. The normalized spacial score (nSPS) is 10.1. The van der Waals surface area contributed by atoms with Gasteiger partial charge in [-0.1, -0.05) is 30.3 Å². The second kappa shape index (κ2) is 4.90. The Kier molecular flexibility index (Phi) is 3.31. The van der Waals surface area contributed by atoms with Gasteiger partial charge in [0.1, 0.15) is 5.84 Å². The van der Waals surface area contributed by atoms with Crippen LogP contribution in [-0.2, 0) is 6.54 Å². The van der Waals surface area contributed by atoms with Crippen LogP contribution < -0.4 is 0 Å². The van der Waals surface area contributed by atoms with Crippen molar-refractivity contribution in [2.45, 2.75) is 6.54 Å². The number of amidine groups is 1. The van der Waals surface area contributed by atoms with Gasteiger partial charge in [-0.15, -0.1) is 11.3 Å². The van der Waals surface area contributed by atoms with E-state index in [2.05, 4.69) is 4.98 Å². The lowest BCUT2D eigenvalue weighted by atomic mass is 10.2. The van der Waals surface area contributed by atoms with E-state index in [0.717, 1.165) is 11.3 Å². The van der Waals surface area contributed by atoms with Crippen LogP contribution in [0.5, 0.6) is 0 Å². The number of thiazole rings is 1. The summed E-state index contributed by atoms with van der Waals surface area (Å²) in [6.07, 6.45) is 0. The summed E-state index contributed by atoms with van der Waals surface area (Å²) in [6, 6.07) is 9.73. The van der Waals surface area contributed by atoms with Crippen LogP contribution in [0, 0.1) is 5.41 Å². The molecule has 0 fully saturated rings. The molecule has 1 aromatic carbocycles. The van der Waals surface area contributed by atoms with Crippen molar-refractivity contribution in [3.05, 3.63) is 52.5 Å². The maximum Gasteiger partial charge on any atom is 0.128 e. The summed E-state index contributed by atoms with van der Waals surface area (Å²) in [7, 11) is 1.91. The third-order valence-electron chi connectivity index (χ3n) is 2.31. The zero-order valence-electron chi connectivity index (χ0n) is 9.05. The molecule has 0 aliphatic heterocycles. The van der Waals surface area contributed by atoms with Crippen molar-refractivity contribution < 1.29 is 0 Å². The van der Waals surface area contributed by atoms with Gasteiger partial charge in [-0.25, -0.2) is 4.98 Å². The van der Waals surface area contributed by atoms with Crippen molar-refractivity contribution >= 4 is 17.2 Å². The molecule has 0 aliphatic carbocycles. The molecule has 0 radical (unpaired) electrons. The highest BCUT2D eigenvalue weighted by Gasteiger charge is 2.08. The highest BCUT2D eigenvalue weighted by Crippen LogP contribution is 2.08. The third kappa shape index (κ3) is 2.46. The largest absolute Gasteiger partial charge is 0.354 e. The van der Waals surface area contributed by atoms with E-state index in [4.69, 9.17) is 5.41 Å². The van der Waals surface area contributed by atoms with E-state index >= 15 is 0 Å². The molecular weight excluding hydrogens is 218 g/mol. The molecule has 0 aliphatic rings. The predicted molar refractivity (Wildman–Crippen MR) is 66.9 cm³/mol. The first-order valence-electron chi connectivity index (χ1n) is 4.99. The molecule has 82 valence electrons. The quantitative estimate of drug-likeness (QED) is 0.651. The van der Waals surface area contributed by atoms with Crippen LogP contribution in [0.15, 0.2) is 41.2 Å². The third-order valence-corrected chi connectivity index (χ3v) is 2.95. The van der Waals surface area contributed by atoms with Gasteiger partial charge >= 0.3 is 0 Å².